The Morgan fingerprint density at radius 2 is 1.33 bits per heavy atom. The van der Waals surface area contributed by atoms with Gasteiger partial charge in [0.15, 0.2) is 0 Å². The SMILES string of the molecule is CC1(C)c2ccccc2Sc2ccc(C#N)c(-c3ccc(-c4cccc(-c5nc(-c6ccccc6)[n+](Cc6ccccc6)[n-]5)c4)cc3)c21. The number of hydrogen-bond donors (Lipinski definition) is 0. The van der Waals surface area contributed by atoms with Crippen molar-refractivity contribution in [3.8, 4) is 51.1 Å². The van der Waals surface area contributed by atoms with Gasteiger partial charge in [-0.15, -0.1) is 0 Å². The molecule has 0 N–H and O–H groups in total. The number of nitriles is 1. The molecule has 8 rings (SSSR count). The van der Waals surface area contributed by atoms with Crippen LogP contribution in [0.3, 0.4) is 0 Å². The summed E-state index contributed by atoms with van der Waals surface area (Å²) >= 11 is 1.79. The van der Waals surface area contributed by atoms with Crippen molar-refractivity contribution in [2.24, 2.45) is 0 Å². The topological polar surface area (TPSA) is 54.7 Å². The molecule has 1 aliphatic heterocycles. The van der Waals surface area contributed by atoms with Crippen molar-refractivity contribution < 1.29 is 4.68 Å². The van der Waals surface area contributed by atoms with E-state index < -0.39 is 0 Å². The normalized spacial score (nSPS) is 12.9. The smallest absolute Gasteiger partial charge is 0.126 e. The van der Waals surface area contributed by atoms with E-state index in [1.807, 2.05) is 35.0 Å². The van der Waals surface area contributed by atoms with Gasteiger partial charge in [0, 0.05) is 26.3 Å². The summed E-state index contributed by atoms with van der Waals surface area (Å²) in [6.07, 6.45) is 0. The number of nitrogens with zero attached hydrogens (tertiary/aromatic N) is 4. The van der Waals surface area contributed by atoms with Crippen LogP contribution in [0.15, 0.2) is 155 Å². The van der Waals surface area contributed by atoms with Crippen LogP contribution in [0.2, 0.25) is 0 Å². The Kier molecular flexibility index (Phi) is 7.51. The number of benzene rings is 6. The summed E-state index contributed by atoms with van der Waals surface area (Å²) in [5.74, 6) is 1.53. The second-order valence-corrected chi connectivity index (χ2v) is 13.7. The molecule has 7 aromatic rings. The molecule has 0 saturated heterocycles. The average Bonchev–Trinajstić information content (AvgIpc) is 3.56. The van der Waals surface area contributed by atoms with Crippen molar-refractivity contribution in [2.45, 2.75) is 35.6 Å². The first-order valence-electron chi connectivity index (χ1n) is 16.1. The molecular formula is C43H32N4S. The first-order chi connectivity index (χ1) is 23.5. The van der Waals surface area contributed by atoms with Gasteiger partial charge in [0.05, 0.1) is 11.6 Å². The van der Waals surface area contributed by atoms with Crippen LogP contribution in [-0.2, 0) is 12.0 Å². The zero-order valence-electron chi connectivity index (χ0n) is 26.8. The third-order valence-corrected chi connectivity index (χ3v) is 10.3. The molecule has 0 bridgehead atoms. The molecule has 0 unspecified atom stereocenters. The number of aromatic nitrogens is 3. The third-order valence-electron chi connectivity index (χ3n) is 9.20. The van der Waals surface area contributed by atoms with E-state index in [1.165, 1.54) is 26.5 Å². The van der Waals surface area contributed by atoms with Crippen molar-refractivity contribution in [3.05, 3.63) is 168 Å². The maximum atomic E-state index is 10.2. The van der Waals surface area contributed by atoms with Crippen LogP contribution < -0.4 is 9.78 Å². The first kappa shape index (κ1) is 29.7. The molecule has 230 valence electrons. The summed E-state index contributed by atoms with van der Waals surface area (Å²) in [4.78, 5) is 7.53. The molecule has 2 heterocycles. The number of fused-ring (bicyclic) bond motifs is 2. The fourth-order valence-electron chi connectivity index (χ4n) is 6.81. The van der Waals surface area contributed by atoms with Crippen LogP contribution in [0, 0.1) is 11.3 Å². The minimum atomic E-state index is -0.248. The Labute approximate surface area is 285 Å². The molecule has 4 nitrogen and oxygen atoms in total. The van der Waals surface area contributed by atoms with Crippen LogP contribution in [0.25, 0.3) is 45.0 Å². The molecule has 1 aliphatic rings. The standard InChI is InChI=1S/C43H32N4S/c1-43(2)36-18-9-10-19-37(36)48-38-25-24-35(27-44)39(40(38)43)31-22-20-30(21-23-31)33-16-11-17-34(26-33)41-45-42(32-14-7-4-8-15-32)47(46-41)28-29-12-5-3-6-13-29/h3-26H,28H2,1-2H3. The van der Waals surface area contributed by atoms with Crippen LogP contribution in [0.5, 0.6) is 0 Å². The largest absolute Gasteiger partial charge is 0.397 e. The quantitative estimate of drug-likeness (QED) is 0.171. The summed E-state index contributed by atoms with van der Waals surface area (Å²) in [5.41, 5.74) is 10.4. The van der Waals surface area contributed by atoms with Gasteiger partial charge < -0.3 is 4.98 Å². The number of rotatable bonds is 6. The zero-order chi connectivity index (χ0) is 32.7. The van der Waals surface area contributed by atoms with E-state index in [4.69, 9.17) is 10.1 Å². The molecule has 1 aromatic heterocycles. The van der Waals surface area contributed by atoms with Gasteiger partial charge in [-0.05, 0) is 69.0 Å². The molecule has 0 saturated carbocycles. The fourth-order valence-corrected chi connectivity index (χ4v) is 8.22. The van der Waals surface area contributed by atoms with E-state index in [0.717, 1.165) is 39.2 Å². The highest BCUT2D eigenvalue weighted by Crippen LogP contribution is 2.52. The van der Waals surface area contributed by atoms with Gasteiger partial charge in [-0.25, -0.2) is 0 Å². The van der Waals surface area contributed by atoms with Gasteiger partial charge in [-0.1, -0.05) is 147 Å². The molecule has 48 heavy (non-hydrogen) atoms. The van der Waals surface area contributed by atoms with Gasteiger partial charge in [-0.2, -0.15) is 5.26 Å². The highest BCUT2D eigenvalue weighted by molar-refractivity contribution is 7.99. The van der Waals surface area contributed by atoms with Crippen molar-refractivity contribution in [2.75, 3.05) is 0 Å². The van der Waals surface area contributed by atoms with Crippen LogP contribution in [0.4, 0.5) is 0 Å². The Morgan fingerprint density at radius 1 is 0.667 bits per heavy atom. The molecular weight excluding hydrogens is 605 g/mol. The van der Waals surface area contributed by atoms with Gasteiger partial charge in [0.1, 0.15) is 12.4 Å². The minimum absolute atomic E-state index is 0.248. The lowest BCUT2D eigenvalue weighted by atomic mass is 9.73. The second kappa shape index (κ2) is 12.2. The molecule has 0 atom stereocenters. The van der Waals surface area contributed by atoms with E-state index in [9.17, 15) is 5.26 Å². The van der Waals surface area contributed by atoms with Crippen molar-refractivity contribution in [1.29, 1.82) is 5.26 Å². The minimum Gasteiger partial charge on any atom is -0.397 e. The molecule has 0 aliphatic carbocycles. The maximum absolute atomic E-state index is 10.2. The molecule has 0 fully saturated rings. The predicted octanol–water partition coefficient (Wildman–Crippen LogP) is 9.70. The Balaban J connectivity index is 1.16. The van der Waals surface area contributed by atoms with Crippen molar-refractivity contribution in [1.82, 2.24) is 10.1 Å². The van der Waals surface area contributed by atoms with Crippen molar-refractivity contribution >= 4 is 11.8 Å². The van der Waals surface area contributed by atoms with Gasteiger partial charge >= 0.3 is 0 Å². The van der Waals surface area contributed by atoms with Gasteiger partial charge in [0.2, 0.25) is 0 Å². The summed E-state index contributed by atoms with van der Waals surface area (Å²) in [6, 6.07) is 52.8. The second-order valence-electron chi connectivity index (χ2n) is 12.6. The van der Waals surface area contributed by atoms with Crippen LogP contribution >= 0.6 is 11.8 Å². The summed E-state index contributed by atoms with van der Waals surface area (Å²) < 4.78 is 1.99. The zero-order valence-corrected chi connectivity index (χ0v) is 27.6. The molecule has 6 aromatic carbocycles. The van der Waals surface area contributed by atoms with Crippen LogP contribution in [-0.4, -0.2) is 4.98 Å². The summed E-state index contributed by atoms with van der Waals surface area (Å²) in [5, 5.41) is 15.2. The van der Waals surface area contributed by atoms with E-state index in [0.29, 0.717) is 17.9 Å². The molecule has 5 heteroatoms. The number of hydrogen-bond acceptors (Lipinski definition) is 3. The average molecular weight is 637 g/mol. The van der Waals surface area contributed by atoms with E-state index in [2.05, 4.69) is 135 Å². The Hall–Kier alpha value is -5.70. The Bertz CT molecular complexity index is 2310. The fraction of sp³-hybridized carbons (Fsp3) is 0.0930. The van der Waals surface area contributed by atoms with E-state index in [-0.39, 0.29) is 5.41 Å². The van der Waals surface area contributed by atoms with Crippen molar-refractivity contribution in [3.63, 3.8) is 0 Å². The van der Waals surface area contributed by atoms with E-state index in [1.54, 1.807) is 11.8 Å². The van der Waals surface area contributed by atoms with Crippen LogP contribution in [0.1, 0.15) is 36.1 Å². The third kappa shape index (κ3) is 5.31. The molecule has 0 spiro atoms. The summed E-state index contributed by atoms with van der Waals surface area (Å²) in [6.45, 7) is 5.18. The highest BCUT2D eigenvalue weighted by atomic mass is 32.2. The lowest BCUT2D eigenvalue weighted by Gasteiger charge is -2.36. The van der Waals surface area contributed by atoms with E-state index >= 15 is 0 Å². The molecule has 0 amide bonds. The Morgan fingerprint density at radius 3 is 2.10 bits per heavy atom. The monoisotopic (exact) mass is 636 g/mol. The predicted molar refractivity (Wildman–Crippen MR) is 192 cm³/mol. The maximum Gasteiger partial charge on any atom is 0.126 e. The first-order valence-corrected chi connectivity index (χ1v) is 16.9. The summed E-state index contributed by atoms with van der Waals surface area (Å²) in [7, 11) is 0. The van der Waals surface area contributed by atoms with Gasteiger partial charge in [0.25, 0.3) is 0 Å². The lowest BCUT2D eigenvalue weighted by molar-refractivity contribution is -0.737. The lowest BCUT2D eigenvalue weighted by Crippen LogP contribution is -2.40. The highest BCUT2D eigenvalue weighted by Gasteiger charge is 2.36. The van der Waals surface area contributed by atoms with Gasteiger partial charge in [-0.3, -0.25) is 9.78 Å². The molecule has 0 radical (unpaired) electrons.